The van der Waals surface area contributed by atoms with Crippen LogP contribution in [0.4, 0.5) is 0 Å². The van der Waals surface area contributed by atoms with E-state index in [0.717, 1.165) is 42.1 Å². The first-order valence-electron chi connectivity index (χ1n) is 7.79. The van der Waals surface area contributed by atoms with Gasteiger partial charge in [0.15, 0.2) is 0 Å². The standard InChI is InChI=1S/C15H27ClN4O/c1-4-11-14(16)12(20(2)19-11)10-13(18-17)15(21-3)8-6-5-7-9-15/h13,18H,4-10,17H2,1-3H3. The van der Waals surface area contributed by atoms with Crippen molar-refractivity contribution in [3.8, 4) is 0 Å². The number of aromatic nitrogens is 2. The van der Waals surface area contributed by atoms with Gasteiger partial charge in [-0.1, -0.05) is 37.8 Å². The van der Waals surface area contributed by atoms with E-state index in [2.05, 4.69) is 17.4 Å². The molecule has 0 saturated heterocycles. The summed E-state index contributed by atoms with van der Waals surface area (Å²) in [6.07, 6.45) is 7.28. The number of nitrogens with one attached hydrogen (secondary N) is 1. The summed E-state index contributed by atoms with van der Waals surface area (Å²) in [7, 11) is 3.73. The fourth-order valence-electron chi connectivity index (χ4n) is 3.48. The van der Waals surface area contributed by atoms with Gasteiger partial charge in [-0.05, 0) is 19.3 Å². The number of nitrogens with two attached hydrogens (primary N) is 1. The minimum absolute atomic E-state index is 0.0420. The Morgan fingerprint density at radius 1 is 1.43 bits per heavy atom. The number of ether oxygens (including phenoxy) is 1. The van der Waals surface area contributed by atoms with E-state index in [4.69, 9.17) is 22.2 Å². The lowest BCUT2D eigenvalue weighted by Gasteiger charge is -2.42. The Bertz CT molecular complexity index is 468. The molecule has 0 aliphatic heterocycles. The van der Waals surface area contributed by atoms with Gasteiger partial charge >= 0.3 is 0 Å². The minimum Gasteiger partial charge on any atom is -0.377 e. The molecule has 2 rings (SSSR count). The smallest absolute Gasteiger partial charge is 0.0850 e. The zero-order valence-electron chi connectivity index (χ0n) is 13.3. The molecule has 1 aromatic rings. The Hall–Kier alpha value is -0.620. The van der Waals surface area contributed by atoms with Crippen LogP contribution in [-0.4, -0.2) is 28.5 Å². The fourth-order valence-corrected chi connectivity index (χ4v) is 3.85. The Morgan fingerprint density at radius 3 is 2.57 bits per heavy atom. The number of hydrogen-bond acceptors (Lipinski definition) is 4. The van der Waals surface area contributed by atoms with Gasteiger partial charge in [-0.25, -0.2) is 0 Å². The van der Waals surface area contributed by atoms with Gasteiger partial charge < -0.3 is 4.74 Å². The van der Waals surface area contributed by atoms with Crippen LogP contribution in [0.5, 0.6) is 0 Å². The molecule has 120 valence electrons. The van der Waals surface area contributed by atoms with E-state index in [1.807, 2.05) is 11.7 Å². The van der Waals surface area contributed by atoms with Gasteiger partial charge in [0, 0.05) is 20.6 Å². The van der Waals surface area contributed by atoms with Crippen LogP contribution in [-0.2, 0) is 24.6 Å². The summed E-state index contributed by atoms with van der Waals surface area (Å²) in [4.78, 5) is 0. The summed E-state index contributed by atoms with van der Waals surface area (Å²) in [6, 6.07) is 0.0420. The molecule has 1 aromatic heterocycles. The molecule has 0 aromatic carbocycles. The van der Waals surface area contributed by atoms with Crippen molar-refractivity contribution in [3.63, 3.8) is 0 Å². The monoisotopic (exact) mass is 314 g/mol. The molecule has 1 heterocycles. The summed E-state index contributed by atoms with van der Waals surface area (Å²) in [5.41, 5.74) is 4.74. The molecule has 3 N–H and O–H groups in total. The van der Waals surface area contributed by atoms with E-state index in [-0.39, 0.29) is 11.6 Å². The molecule has 0 bridgehead atoms. The molecule has 1 saturated carbocycles. The van der Waals surface area contributed by atoms with Crippen molar-refractivity contribution < 1.29 is 4.74 Å². The van der Waals surface area contributed by atoms with Gasteiger partial charge in [-0.15, -0.1) is 0 Å². The zero-order valence-corrected chi connectivity index (χ0v) is 14.0. The van der Waals surface area contributed by atoms with Crippen molar-refractivity contribution in [2.75, 3.05) is 7.11 Å². The number of rotatable bonds is 6. The maximum absolute atomic E-state index is 6.47. The van der Waals surface area contributed by atoms with Crippen LogP contribution in [0.2, 0.25) is 5.02 Å². The number of hydrazine groups is 1. The molecular weight excluding hydrogens is 288 g/mol. The van der Waals surface area contributed by atoms with Crippen LogP contribution >= 0.6 is 11.6 Å². The number of halogens is 1. The van der Waals surface area contributed by atoms with Gasteiger partial charge in [0.1, 0.15) is 0 Å². The van der Waals surface area contributed by atoms with Crippen LogP contribution in [0, 0.1) is 0 Å². The number of hydrogen-bond donors (Lipinski definition) is 2. The van der Waals surface area contributed by atoms with E-state index in [9.17, 15) is 0 Å². The molecule has 1 aliphatic rings. The lowest BCUT2D eigenvalue weighted by molar-refractivity contribution is -0.0677. The van der Waals surface area contributed by atoms with Crippen LogP contribution in [0.15, 0.2) is 0 Å². The number of methoxy groups -OCH3 is 1. The summed E-state index contributed by atoms with van der Waals surface area (Å²) in [5, 5.41) is 5.25. The molecule has 1 unspecified atom stereocenters. The maximum atomic E-state index is 6.47. The van der Waals surface area contributed by atoms with Gasteiger partial charge in [-0.3, -0.25) is 16.0 Å². The number of aryl methyl sites for hydroxylation is 2. The van der Waals surface area contributed by atoms with Crippen molar-refractivity contribution in [2.24, 2.45) is 12.9 Å². The molecule has 6 heteroatoms. The van der Waals surface area contributed by atoms with E-state index in [1.165, 1.54) is 19.3 Å². The average Bonchev–Trinajstić information content (AvgIpc) is 2.79. The predicted molar refractivity (Wildman–Crippen MR) is 85.2 cm³/mol. The Morgan fingerprint density at radius 2 is 2.10 bits per heavy atom. The third-order valence-corrected chi connectivity index (χ3v) is 5.28. The largest absolute Gasteiger partial charge is 0.377 e. The lowest BCUT2D eigenvalue weighted by atomic mass is 9.77. The summed E-state index contributed by atoms with van der Waals surface area (Å²) < 4.78 is 7.77. The highest BCUT2D eigenvalue weighted by atomic mass is 35.5. The van der Waals surface area contributed by atoms with E-state index in [0.29, 0.717) is 0 Å². The first kappa shape index (κ1) is 16.7. The molecule has 0 amide bonds. The highest BCUT2D eigenvalue weighted by Gasteiger charge is 2.40. The number of nitrogens with zero attached hydrogens (tertiary/aromatic N) is 2. The second-order valence-corrected chi connectivity index (χ2v) is 6.32. The van der Waals surface area contributed by atoms with Crippen LogP contribution in [0.3, 0.4) is 0 Å². The van der Waals surface area contributed by atoms with Crippen molar-refractivity contribution >= 4 is 11.6 Å². The lowest BCUT2D eigenvalue weighted by Crippen LogP contribution is -2.56. The second-order valence-electron chi connectivity index (χ2n) is 5.94. The van der Waals surface area contributed by atoms with Gasteiger partial charge in [-0.2, -0.15) is 5.10 Å². The fraction of sp³-hybridized carbons (Fsp3) is 0.800. The Balaban J connectivity index is 2.24. The summed E-state index contributed by atoms with van der Waals surface area (Å²) in [6.45, 7) is 2.06. The molecule has 1 aliphatic carbocycles. The predicted octanol–water partition coefficient (Wildman–Crippen LogP) is 2.36. The van der Waals surface area contributed by atoms with Crippen LogP contribution in [0.1, 0.15) is 50.4 Å². The molecule has 1 fully saturated rings. The van der Waals surface area contributed by atoms with Crippen molar-refractivity contribution in [2.45, 2.75) is 63.5 Å². The minimum atomic E-state index is -0.201. The highest BCUT2D eigenvalue weighted by Crippen LogP contribution is 2.36. The first-order valence-corrected chi connectivity index (χ1v) is 8.17. The molecule has 0 spiro atoms. The second kappa shape index (κ2) is 7.09. The van der Waals surface area contributed by atoms with Crippen molar-refractivity contribution in [3.05, 3.63) is 16.4 Å². The van der Waals surface area contributed by atoms with Crippen molar-refractivity contribution in [1.29, 1.82) is 0 Å². The van der Waals surface area contributed by atoms with Gasteiger partial charge in [0.05, 0.1) is 28.1 Å². The van der Waals surface area contributed by atoms with E-state index < -0.39 is 0 Å². The van der Waals surface area contributed by atoms with Crippen LogP contribution < -0.4 is 11.3 Å². The summed E-state index contributed by atoms with van der Waals surface area (Å²) in [5.74, 6) is 5.85. The van der Waals surface area contributed by atoms with Gasteiger partial charge in [0.2, 0.25) is 0 Å². The third-order valence-electron chi connectivity index (χ3n) is 4.84. The Labute approximate surface area is 132 Å². The summed E-state index contributed by atoms with van der Waals surface area (Å²) >= 11 is 6.47. The zero-order chi connectivity index (χ0) is 15.5. The first-order chi connectivity index (χ1) is 10.1. The average molecular weight is 315 g/mol. The molecule has 5 nitrogen and oxygen atoms in total. The van der Waals surface area contributed by atoms with Gasteiger partial charge in [0.25, 0.3) is 0 Å². The SMILES string of the molecule is CCc1nn(C)c(CC(NN)C2(OC)CCCCC2)c1Cl. The molecule has 0 radical (unpaired) electrons. The van der Waals surface area contributed by atoms with Crippen molar-refractivity contribution in [1.82, 2.24) is 15.2 Å². The molecule has 1 atom stereocenters. The van der Waals surface area contributed by atoms with E-state index in [1.54, 1.807) is 7.11 Å². The maximum Gasteiger partial charge on any atom is 0.0850 e. The third kappa shape index (κ3) is 3.26. The normalized spacial score (nSPS) is 19.7. The Kier molecular flexibility index (Phi) is 5.66. The molecule has 21 heavy (non-hydrogen) atoms. The highest BCUT2D eigenvalue weighted by molar-refractivity contribution is 6.31. The molecular formula is C15H27ClN4O. The topological polar surface area (TPSA) is 65.1 Å². The van der Waals surface area contributed by atoms with E-state index >= 15 is 0 Å². The quantitative estimate of drug-likeness (QED) is 0.625. The van der Waals surface area contributed by atoms with Crippen LogP contribution in [0.25, 0.3) is 0 Å².